The number of carboxylic acid groups (broad SMARTS) is 1. The van der Waals surface area contributed by atoms with E-state index >= 15 is 0 Å². The van der Waals surface area contributed by atoms with Gasteiger partial charge in [0.1, 0.15) is 0 Å². The molecule has 2 atom stereocenters. The highest BCUT2D eigenvalue weighted by molar-refractivity contribution is 7.99. The van der Waals surface area contributed by atoms with Gasteiger partial charge in [-0.25, -0.2) is 0 Å². The first-order valence-electron chi connectivity index (χ1n) is 4.56. The molecule has 1 saturated carbocycles. The van der Waals surface area contributed by atoms with Crippen molar-refractivity contribution in [3.05, 3.63) is 0 Å². The van der Waals surface area contributed by atoms with Crippen LogP contribution in [0.3, 0.4) is 0 Å². The van der Waals surface area contributed by atoms with E-state index in [9.17, 15) is 4.79 Å². The van der Waals surface area contributed by atoms with Crippen LogP contribution in [0, 0.1) is 11.8 Å². The van der Waals surface area contributed by atoms with Gasteiger partial charge < -0.3 is 5.11 Å². The van der Waals surface area contributed by atoms with Gasteiger partial charge in [-0.2, -0.15) is 11.8 Å². The summed E-state index contributed by atoms with van der Waals surface area (Å²) in [6.45, 7) is 2.14. The molecule has 2 unspecified atom stereocenters. The van der Waals surface area contributed by atoms with Crippen LogP contribution in [-0.4, -0.2) is 22.6 Å². The van der Waals surface area contributed by atoms with Crippen molar-refractivity contribution < 1.29 is 9.90 Å². The molecule has 12 heavy (non-hydrogen) atoms. The summed E-state index contributed by atoms with van der Waals surface area (Å²) < 4.78 is 0. The molecule has 0 aliphatic heterocycles. The zero-order valence-electron chi connectivity index (χ0n) is 7.45. The highest BCUT2D eigenvalue weighted by atomic mass is 32.2. The second-order valence-corrected chi connectivity index (χ2v) is 4.66. The average molecular weight is 188 g/mol. The van der Waals surface area contributed by atoms with E-state index in [0.717, 1.165) is 30.8 Å². The Balaban J connectivity index is 2.12. The molecule has 1 rings (SSSR count). The second-order valence-electron chi connectivity index (χ2n) is 3.27. The van der Waals surface area contributed by atoms with Gasteiger partial charge in [-0.1, -0.05) is 6.92 Å². The number of hydrogen-bond donors (Lipinski definition) is 1. The Kier molecular flexibility index (Phi) is 3.92. The van der Waals surface area contributed by atoms with Crippen LogP contribution in [0.25, 0.3) is 0 Å². The van der Waals surface area contributed by atoms with Gasteiger partial charge >= 0.3 is 5.97 Å². The minimum Gasteiger partial charge on any atom is -0.481 e. The van der Waals surface area contributed by atoms with Crippen LogP contribution in [0.2, 0.25) is 0 Å². The van der Waals surface area contributed by atoms with Crippen LogP contribution < -0.4 is 0 Å². The van der Waals surface area contributed by atoms with Crippen molar-refractivity contribution in [3.63, 3.8) is 0 Å². The summed E-state index contributed by atoms with van der Waals surface area (Å²) in [5.74, 6) is 2.13. The Morgan fingerprint density at radius 1 is 1.58 bits per heavy atom. The SMILES string of the molecule is CCSCCC1CCC1C(=O)O. The number of carbonyl (C=O) groups is 1. The predicted octanol–water partition coefficient (Wildman–Crippen LogP) is 2.24. The zero-order chi connectivity index (χ0) is 8.97. The molecule has 0 spiro atoms. The largest absolute Gasteiger partial charge is 0.481 e. The summed E-state index contributed by atoms with van der Waals surface area (Å²) in [6.07, 6.45) is 3.12. The van der Waals surface area contributed by atoms with Gasteiger partial charge in [0.25, 0.3) is 0 Å². The molecule has 1 N–H and O–H groups in total. The van der Waals surface area contributed by atoms with Gasteiger partial charge in [0.05, 0.1) is 5.92 Å². The number of hydrogen-bond acceptors (Lipinski definition) is 2. The van der Waals surface area contributed by atoms with Crippen LogP contribution in [0.5, 0.6) is 0 Å². The van der Waals surface area contributed by atoms with E-state index < -0.39 is 5.97 Å². The van der Waals surface area contributed by atoms with Gasteiger partial charge in [-0.15, -0.1) is 0 Å². The smallest absolute Gasteiger partial charge is 0.306 e. The molecule has 1 aliphatic carbocycles. The summed E-state index contributed by atoms with van der Waals surface area (Å²) >= 11 is 1.91. The van der Waals surface area contributed by atoms with E-state index in [1.807, 2.05) is 11.8 Å². The van der Waals surface area contributed by atoms with Crippen LogP contribution in [0.4, 0.5) is 0 Å². The normalized spacial score (nSPS) is 28.1. The van der Waals surface area contributed by atoms with Crippen molar-refractivity contribution in [2.24, 2.45) is 11.8 Å². The Morgan fingerprint density at radius 3 is 2.75 bits per heavy atom. The standard InChI is InChI=1S/C9H16O2S/c1-2-12-6-5-7-3-4-8(7)9(10)11/h7-8H,2-6H2,1H3,(H,10,11). The highest BCUT2D eigenvalue weighted by Crippen LogP contribution is 2.37. The first kappa shape index (κ1) is 9.90. The Hall–Kier alpha value is -0.180. The number of carboxylic acids is 1. The third-order valence-electron chi connectivity index (χ3n) is 2.57. The fraction of sp³-hybridized carbons (Fsp3) is 0.889. The van der Waals surface area contributed by atoms with Crippen molar-refractivity contribution in [1.29, 1.82) is 0 Å². The fourth-order valence-electron chi connectivity index (χ4n) is 1.62. The van der Waals surface area contributed by atoms with E-state index in [1.54, 1.807) is 0 Å². The number of rotatable bonds is 5. The van der Waals surface area contributed by atoms with E-state index in [-0.39, 0.29) is 5.92 Å². The molecule has 1 aliphatic rings. The molecule has 2 nitrogen and oxygen atoms in total. The van der Waals surface area contributed by atoms with E-state index in [1.165, 1.54) is 0 Å². The van der Waals surface area contributed by atoms with E-state index in [4.69, 9.17) is 5.11 Å². The average Bonchev–Trinajstić information content (AvgIpc) is 1.94. The molecule has 0 saturated heterocycles. The van der Waals surface area contributed by atoms with Crippen molar-refractivity contribution in [2.45, 2.75) is 26.2 Å². The maximum atomic E-state index is 10.6. The lowest BCUT2D eigenvalue weighted by molar-refractivity contribution is -0.147. The lowest BCUT2D eigenvalue weighted by Gasteiger charge is -2.33. The molecule has 70 valence electrons. The first-order valence-corrected chi connectivity index (χ1v) is 5.71. The minimum absolute atomic E-state index is 0.0255. The molecule has 0 aromatic rings. The second kappa shape index (κ2) is 4.75. The molecule has 0 radical (unpaired) electrons. The maximum absolute atomic E-state index is 10.6. The summed E-state index contributed by atoms with van der Waals surface area (Å²) in [7, 11) is 0. The zero-order valence-corrected chi connectivity index (χ0v) is 8.27. The molecule has 0 amide bonds. The monoisotopic (exact) mass is 188 g/mol. The highest BCUT2D eigenvalue weighted by Gasteiger charge is 2.35. The molecule has 0 heterocycles. The van der Waals surface area contributed by atoms with Crippen LogP contribution in [0.1, 0.15) is 26.2 Å². The molecular weight excluding hydrogens is 172 g/mol. The van der Waals surface area contributed by atoms with Gasteiger partial charge in [-0.3, -0.25) is 4.79 Å². The van der Waals surface area contributed by atoms with E-state index in [2.05, 4.69) is 6.92 Å². The van der Waals surface area contributed by atoms with Crippen molar-refractivity contribution in [1.82, 2.24) is 0 Å². The lowest BCUT2D eigenvalue weighted by atomic mass is 9.72. The quantitative estimate of drug-likeness (QED) is 0.672. The molecular formula is C9H16O2S. The van der Waals surface area contributed by atoms with Gasteiger partial charge in [0, 0.05) is 0 Å². The molecule has 0 aromatic carbocycles. The van der Waals surface area contributed by atoms with Crippen molar-refractivity contribution in [3.8, 4) is 0 Å². The Morgan fingerprint density at radius 2 is 2.33 bits per heavy atom. The molecule has 1 fully saturated rings. The topological polar surface area (TPSA) is 37.3 Å². The third kappa shape index (κ3) is 2.41. The van der Waals surface area contributed by atoms with Crippen LogP contribution >= 0.6 is 11.8 Å². The predicted molar refractivity (Wildman–Crippen MR) is 51.5 cm³/mol. The molecule has 0 bridgehead atoms. The molecule has 0 aromatic heterocycles. The first-order chi connectivity index (χ1) is 5.75. The third-order valence-corrected chi connectivity index (χ3v) is 3.50. The van der Waals surface area contributed by atoms with Gasteiger partial charge in [-0.05, 0) is 36.7 Å². The maximum Gasteiger partial charge on any atom is 0.306 e. The number of aliphatic carboxylic acids is 1. The summed E-state index contributed by atoms with van der Waals surface area (Å²) in [4.78, 5) is 10.6. The summed E-state index contributed by atoms with van der Waals surface area (Å²) in [6, 6.07) is 0. The lowest BCUT2D eigenvalue weighted by Crippen LogP contribution is -2.33. The molecule has 3 heteroatoms. The Labute approximate surface area is 77.7 Å². The van der Waals surface area contributed by atoms with Crippen LogP contribution in [0.15, 0.2) is 0 Å². The van der Waals surface area contributed by atoms with E-state index in [0.29, 0.717) is 5.92 Å². The summed E-state index contributed by atoms with van der Waals surface area (Å²) in [5.41, 5.74) is 0. The van der Waals surface area contributed by atoms with Crippen molar-refractivity contribution >= 4 is 17.7 Å². The summed E-state index contributed by atoms with van der Waals surface area (Å²) in [5, 5.41) is 8.75. The Bertz CT molecular complexity index is 159. The fourth-order valence-corrected chi connectivity index (χ4v) is 2.38. The minimum atomic E-state index is -0.590. The van der Waals surface area contributed by atoms with Gasteiger partial charge in [0.2, 0.25) is 0 Å². The van der Waals surface area contributed by atoms with Gasteiger partial charge in [0.15, 0.2) is 0 Å². The van der Waals surface area contributed by atoms with Crippen LogP contribution in [-0.2, 0) is 4.79 Å². The van der Waals surface area contributed by atoms with Crippen molar-refractivity contribution in [2.75, 3.05) is 11.5 Å². The number of thioether (sulfide) groups is 1.